The summed E-state index contributed by atoms with van der Waals surface area (Å²) >= 11 is 0. The van der Waals surface area contributed by atoms with E-state index in [-0.39, 0.29) is 23.2 Å². The van der Waals surface area contributed by atoms with Gasteiger partial charge in [-0.2, -0.15) is 9.50 Å². The van der Waals surface area contributed by atoms with Gasteiger partial charge in [-0.15, -0.1) is 5.10 Å². The van der Waals surface area contributed by atoms with E-state index in [1.165, 1.54) is 0 Å². The lowest BCUT2D eigenvalue weighted by Crippen LogP contribution is -2.12. The molecule has 0 radical (unpaired) electrons. The predicted octanol–water partition coefficient (Wildman–Crippen LogP) is 0.372. The van der Waals surface area contributed by atoms with Gasteiger partial charge in [-0.1, -0.05) is 30.3 Å². The molecule has 0 bridgehead atoms. The number of anilines is 1. The highest BCUT2D eigenvalue weighted by molar-refractivity contribution is 5.68. The first-order valence-corrected chi connectivity index (χ1v) is 5.20. The molecule has 0 aliphatic heterocycles. The maximum atomic E-state index is 11.9. The van der Waals surface area contributed by atoms with Gasteiger partial charge in [0.25, 0.3) is 5.56 Å². The molecular formula is C11H9N5O2. The maximum absolute atomic E-state index is 11.9. The number of rotatable bonds is 1. The van der Waals surface area contributed by atoms with Crippen LogP contribution in [0.2, 0.25) is 0 Å². The summed E-state index contributed by atoms with van der Waals surface area (Å²) in [6.07, 6.45) is 0. The van der Waals surface area contributed by atoms with Crippen molar-refractivity contribution < 1.29 is 5.11 Å². The molecule has 0 fully saturated rings. The Balaban J connectivity index is 2.40. The minimum Gasteiger partial charge on any atom is -0.493 e. The number of hydrogen-bond donors (Lipinski definition) is 3. The molecule has 0 atom stereocenters. The molecule has 3 aromatic rings. The van der Waals surface area contributed by atoms with Gasteiger partial charge >= 0.3 is 0 Å². The molecule has 18 heavy (non-hydrogen) atoms. The Morgan fingerprint density at radius 2 is 2.00 bits per heavy atom. The van der Waals surface area contributed by atoms with Crippen molar-refractivity contribution in [3.05, 3.63) is 40.7 Å². The quantitative estimate of drug-likeness (QED) is 0.572. The zero-order valence-corrected chi connectivity index (χ0v) is 9.16. The van der Waals surface area contributed by atoms with Crippen LogP contribution >= 0.6 is 0 Å². The lowest BCUT2D eigenvalue weighted by Gasteiger charge is -2.04. The normalized spacial score (nSPS) is 10.9. The van der Waals surface area contributed by atoms with Crippen LogP contribution in [0.25, 0.3) is 16.9 Å². The van der Waals surface area contributed by atoms with Crippen molar-refractivity contribution in [2.24, 2.45) is 0 Å². The van der Waals surface area contributed by atoms with E-state index in [4.69, 9.17) is 5.73 Å². The number of nitrogens with zero attached hydrogens (tertiary/aromatic N) is 3. The van der Waals surface area contributed by atoms with Gasteiger partial charge in [-0.25, -0.2) is 0 Å². The zero-order chi connectivity index (χ0) is 12.7. The first kappa shape index (κ1) is 10.3. The number of aromatic hydroxyl groups is 1. The van der Waals surface area contributed by atoms with Gasteiger partial charge in [0, 0.05) is 0 Å². The molecular weight excluding hydrogens is 234 g/mol. The Bertz CT molecular complexity index is 775. The number of H-pyrrole nitrogens is 1. The van der Waals surface area contributed by atoms with Crippen molar-refractivity contribution in [1.29, 1.82) is 0 Å². The van der Waals surface area contributed by atoms with Crippen LogP contribution in [0.15, 0.2) is 35.1 Å². The Morgan fingerprint density at radius 3 is 2.72 bits per heavy atom. The van der Waals surface area contributed by atoms with Gasteiger partial charge in [-0.05, 0) is 5.56 Å². The van der Waals surface area contributed by atoms with E-state index in [1.54, 1.807) is 24.3 Å². The number of nitrogens with one attached hydrogen (secondary N) is 1. The molecule has 1 aromatic carbocycles. The molecule has 0 amide bonds. The Labute approximate surface area is 101 Å². The van der Waals surface area contributed by atoms with Crippen molar-refractivity contribution in [2.45, 2.75) is 0 Å². The van der Waals surface area contributed by atoms with Crippen molar-refractivity contribution >= 4 is 11.7 Å². The lowest BCUT2D eigenvalue weighted by atomic mass is 10.1. The van der Waals surface area contributed by atoms with E-state index < -0.39 is 5.56 Å². The van der Waals surface area contributed by atoms with E-state index in [0.717, 1.165) is 4.52 Å². The molecule has 90 valence electrons. The van der Waals surface area contributed by atoms with Gasteiger partial charge in [0.1, 0.15) is 5.56 Å². The molecule has 0 aliphatic carbocycles. The summed E-state index contributed by atoms with van der Waals surface area (Å²) in [6.45, 7) is 0. The highest BCUT2D eigenvalue weighted by atomic mass is 16.3. The molecule has 0 saturated carbocycles. The fraction of sp³-hybridized carbons (Fsp3) is 0. The molecule has 7 nitrogen and oxygen atoms in total. The van der Waals surface area contributed by atoms with E-state index in [9.17, 15) is 9.90 Å². The second kappa shape index (κ2) is 3.59. The monoisotopic (exact) mass is 243 g/mol. The number of aromatic nitrogens is 4. The summed E-state index contributed by atoms with van der Waals surface area (Å²) in [5, 5.41) is 13.9. The number of hydrogen-bond acceptors (Lipinski definition) is 5. The summed E-state index contributed by atoms with van der Waals surface area (Å²) in [4.78, 5) is 18.2. The highest BCUT2D eigenvalue weighted by Gasteiger charge is 2.15. The standard InChI is InChI=1S/C11H9N5O2/c12-10-14-11-13-8(17)7(9(18)16(11)15-10)6-4-2-1-3-5-6/h1-5,18H,(H3,12,13,14,15,17). The van der Waals surface area contributed by atoms with Gasteiger partial charge in [-0.3, -0.25) is 9.78 Å². The number of aromatic amines is 1. The SMILES string of the molecule is Nc1nc2[nH]c(=O)c(-c3ccccc3)c(O)n2n1. The van der Waals surface area contributed by atoms with Crippen LogP contribution in [-0.4, -0.2) is 24.7 Å². The number of nitrogens with two attached hydrogens (primary N) is 1. The minimum atomic E-state index is -0.446. The van der Waals surface area contributed by atoms with Crippen LogP contribution in [0.5, 0.6) is 5.88 Å². The van der Waals surface area contributed by atoms with Crippen molar-refractivity contribution in [1.82, 2.24) is 19.6 Å². The fourth-order valence-corrected chi connectivity index (χ4v) is 1.79. The molecule has 0 spiro atoms. The lowest BCUT2D eigenvalue weighted by molar-refractivity contribution is 0.437. The third-order valence-electron chi connectivity index (χ3n) is 2.56. The smallest absolute Gasteiger partial charge is 0.264 e. The Hall–Kier alpha value is -2.83. The second-order valence-electron chi connectivity index (χ2n) is 3.72. The summed E-state index contributed by atoms with van der Waals surface area (Å²) < 4.78 is 1.10. The molecule has 2 aromatic heterocycles. The molecule has 3 rings (SSSR count). The van der Waals surface area contributed by atoms with E-state index in [2.05, 4.69) is 15.1 Å². The van der Waals surface area contributed by atoms with Crippen LogP contribution in [0.4, 0.5) is 5.95 Å². The second-order valence-corrected chi connectivity index (χ2v) is 3.72. The van der Waals surface area contributed by atoms with Crippen LogP contribution < -0.4 is 11.3 Å². The van der Waals surface area contributed by atoms with E-state index in [1.807, 2.05) is 6.07 Å². The highest BCUT2D eigenvalue weighted by Crippen LogP contribution is 2.24. The Morgan fingerprint density at radius 1 is 1.28 bits per heavy atom. The number of benzene rings is 1. The summed E-state index contributed by atoms with van der Waals surface area (Å²) in [5.74, 6) is -0.204. The average molecular weight is 243 g/mol. The minimum absolute atomic E-state index is 0.0221. The van der Waals surface area contributed by atoms with Crippen molar-refractivity contribution in [3.63, 3.8) is 0 Å². The third kappa shape index (κ3) is 1.41. The van der Waals surface area contributed by atoms with Crippen molar-refractivity contribution in [3.8, 4) is 17.0 Å². The topological polar surface area (TPSA) is 109 Å². The van der Waals surface area contributed by atoms with Gasteiger partial charge in [0.05, 0.1) is 0 Å². The maximum Gasteiger partial charge on any atom is 0.264 e. The molecule has 0 aliphatic rings. The van der Waals surface area contributed by atoms with Gasteiger partial charge in [0.2, 0.25) is 17.6 Å². The van der Waals surface area contributed by atoms with Gasteiger partial charge in [0.15, 0.2) is 0 Å². The molecule has 7 heteroatoms. The number of fused-ring (bicyclic) bond motifs is 1. The first-order valence-electron chi connectivity index (χ1n) is 5.20. The van der Waals surface area contributed by atoms with Crippen LogP contribution in [0, 0.1) is 0 Å². The van der Waals surface area contributed by atoms with E-state index in [0.29, 0.717) is 5.56 Å². The molecule has 2 heterocycles. The summed E-state index contributed by atoms with van der Waals surface area (Å²) in [7, 11) is 0. The van der Waals surface area contributed by atoms with Crippen molar-refractivity contribution in [2.75, 3.05) is 5.73 Å². The Kier molecular flexibility index (Phi) is 2.06. The predicted molar refractivity (Wildman–Crippen MR) is 65.1 cm³/mol. The molecule has 4 N–H and O–H groups in total. The fourth-order valence-electron chi connectivity index (χ4n) is 1.79. The summed E-state index contributed by atoms with van der Waals surface area (Å²) in [6, 6.07) is 8.80. The average Bonchev–Trinajstić information content (AvgIpc) is 2.71. The summed E-state index contributed by atoms with van der Waals surface area (Å²) in [5.41, 5.74) is 5.70. The number of nitrogen functional groups attached to an aromatic ring is 1. The third-order valence-corrected chi connectivity index (χ3v) is 2.56. The first-order chi connectivity index (χ1) is 8.66. The largest absolute Gasteiger partial charge is 0.493 e. The van der Waals surface area contributed by atoms with Crippen LogP contribution in [0.3, 0.4) is 0 Å². The van der Waals surface area contributed by atoms with Crippen LogP contribution in [0.1, 0.15) is 0 Å². The van der Waals surface area contributed by atoms with Crippen LogP contribution in [-0.2, 0) is 0 Å². The zero-order valence-electron chi connectivity index (χ0n) is 9.16. The molecule has 0 unspecified atom stereocenters. The van der Waals surface area contributed by atoms with E-state index >= 15 is 0 Å². The molecule has 0 saturated heterocycles. The van der Waals surface area contributed by atoms with Gasteiger partial charge < -0.3 is 10.8 Å².